The molecule has 0 N–H and O–H groups in total. The zero-order chi connectivity index (χ0) is 16.8. The fraction of sp³-hybridized carbons (Fsp3) is 0.294. The highest BCUT2D eigenvalue weighted by atomic mass is 32.2. The molecule has 1 aliphatic heterocycles. The normalized spacial score (nSPS) is 16.0. The Bertz CT molecular complexity index is 658. The highest BCUT2D eigenvalue weighted by molar-refractivity contribution is 8.08. The number of benzene rings is 1. The molecule has 0 aliphatic carbocycles. The first kappa shape index (κ1) is 17.1. The Morgan fingerprint density at radius 3 is 2.43 bits per heavy atom. The summed E-state index contributed by atoms with van der Waals surface area (Å²) in [6, 6.07) is 7.13. The molecule has 0 spiro atoms. The molecule has 1 aliphatic rings. The minimum atomic E-state index is -0.532. The van der Waals surface area contributed by atoms with Gasteiger partial charge in [0.15, 0.2) is 5.09 Å². The first-order valence-corrected chi connectivity index (χ1v) is 8.04. The molecule has 122 valence electrons. The average Bonchev–Trinajstić information content (AvgIpc) is 2.84. The van der Waals surface area contributed by atoms with Crippen LogP contribution in [-0.2, 0) is 19.1 Å². The van der Waals surface area contributed by atoms with E-state index in [0.29, 0.717) is 27.9 Å². The Hall–Kier alpha value is -2.21. The first-order chi connectivity index (χ1) is 11.1. The number of ether oxygens (including phenoxy) is 3. The number of carbonyl (C=O) groups is 2. The summed E-state index contributed by atoms with van der Waals surface area (Å²) >= 11 is 1.15. The molecule has 5 nitrogen and oxygen atoms in total. The van der Waals surface area contributed by atoms with Crippen LogP contribution in [0.3, 0.4) is 0 Å². The van der Waals surface area contributed by atoms with Crippen molar-refractivity contribution in [3.8, 4) is 5.75 Å². The molecule has 2 rings (SSSR count). The summed E-state index contributed by atoms with van der Waals surface area (Å²) in [6.07, 6.45) is 1.21. The third kappa shape index (κ3) is 3.96. The Kier molecular flexibility index (Phi) is 5.87. The van der Waals surface area contributed by atoms with E-state index in [1.54, 1.807) is 38.3 Å². The Balaban J connectivity index is 2.34. The number of Topliss-reactive ketones (excluding diaryl/α,β-unsaturated/α-hetero) is 1. The molecule has 1 aromatic rings. The summed E-state index contributed by atoms with van der Waals surface area (Å²) in [5.41, 5.74) is 1.18. The molecular formula is C17H18O5S. The standard InChI is InChI=1S/C17H18O5S/c1-4-21-14(18)10-13-16(19)15(17(23-13)22-5-2)11-6-8-12(20-3)9-7-11/h6-10H,4-5H2,1-3H3. The number of hydrogen-bond acceptors (Lipinski definition) is 6. The van der Waals surface area contributed by atoms with E-state index in [2.05, 4.69) is 0 Å². The molecule has 6 heteroatoms. The van der Waals surface area contributed by atoms with Crippen molar-refractivity contribution in [2.75, 3.05) is 20.3 Å². The van der Waals surface area contributed by atoms with Crippen molar-refractivity contribution in [3.63, 3.8) is 0 Å². The smallest absolute Gasteiger partial charge is 0.332 e. The lowest BCUT2D eigenvalue weighted by atomic mass is 10.0. The van der Waals surface area contributed by atoms with Crippen LogP contribution >= 0.6 is 11.8 Å². The molecule has 0 amide bonds. The van der Waals surface area contributed by atoms with Crippen LogP contribution in [0.4, 0.5) is 0 Å². The Morgan fingerprint density at radius 1 is 1.17 bits per heavy atom. The van der Waals surface area contributed by atoms with E-state index in [-0.39, 0.29) is 12.4 Å². The van der Waals surface area contributed by atoms with Gasteiger partial charge in [-0.3, -0.25) is 4.79 Å². The summed E-state index contributed by atoms with van der Waals surface area (Å²) in [5.74, 6) is -0.0699. The van der Waals surface area contributed by atoms with Crippen molar-refractivity contribution in [2.24, 2.45) is 0 Å². The second-order valence-electron chi connectivity index (χ2n) is 4.52. The molecule has 0 atom stereocenters. The molecular weight excluding hydrogens is 316 g/mol. The largest absolute Gasteiger partial charge is 0.497 e. The van der Waals surface area contributed by atoms with Crippen LogP contribution < -0.4 is 4.74 Å². The summed E-state index contributed by atoms with van der Waals surface area (Å²) in [7, 11) is 1.58. The molecule has 0 fully saturated rings. The lowest BCUT2D eigenvalue weighted by molar-refractivity contribution is -0.137. The second-order valence-corrected chi connectivity index (χ2v) is 5.53. The number of ketones is 1. The zero-order valence-electron chi connectivity index (χ0n) is 13.3. The molecule has 0 saturated carbocycles. The zero-order valence-corrected chi connectivity index (χ0v) is 14.1. The molecule has 1 heterocycles. The molecule has 0 bridgehead atoms. The van der Waals surface area contributed by atoms with E-state index >= 15 is 0 Å². The van der Waals surface area contributed by atoms with Crippen molar-refractivity contribution < 1.29 is 23.8 Å². The monoisotopic (exact) mass is 334 g/mol. The highest BCUT2D eigenvalue weighted by Crippen LogP contribution is 2.43. The minimum Gasteiger partial charge on any atom is -0.497 e. The number of methoxy groups -OCH3 is 1. The summed E-state index contributed by atoms with van der Waals surface area (Å²) in [6.45, 7) is 4.25. The molecule has 0 saturated heterocycles. The molecule has 1 aromatic carbocycles. The van der Waals surface area contributed by atoms with Gasteiger partial charge in [-0.1, -0.05) is 12.1 Å². The van der Waals surface area contributed by atoms with Gasteiger partial charge in [-0.15, -0.1) is 0 Å². The SMILES string of the molecule is CCOC(=O)C=C1SC(OCC)=C(c2ccc(OC)cc2)C1=O. The molecule has 23 heavy (non-hydrogen) atoms. The summed E-state index contributed by atoms with van der Waals surface area (Å²) < 4.78 is 15.6. The van der Waals surface area contributed by atoms with Gasteiger partial charge >= 0.3 is 5.97 Å². The molecule has 0 aromatic heterocycles. The third-order valence-electron chi connectivity index (χ3n) is 3.05. The van der Waals surface area contributed by atoms with Gasteiger partial charge in [0.1, 0.15) is 5.75 Å². The van der Waals surface area contributed by atoms with Crippen molar-refractivity contribution in [1.29, 1.82) is 0 Å². The number of rotatable bonds is 6. The van der Waals surface area contributed by atoms with E-state index < -0.39 is 5.97 Å². The quantitative estimate of drug-likeness (QED) is 0.588. The topological polar surface area (TPSA) is 61.8 Å². The van der Waals surface area contributed by atoms with Gasteiger partial charge in [-0.05, 0) is 43.3 Å². The molecule has 0 unspecified atom stereocenters. The maximum absolute atomic E-state index is 12.6. The maximum Gasteiger partial charge on any atom is 0.332 e. The van der Waals surface area contributed by atoms with Gasteiger partial charge in [0.25, 0.3) is 0 Å². The van der Waals surface area contributed by atoms with Gasteiger partial charge in [-0.25, -0.2) is 4.79 Å². The number of allylic oxidation sites excluding steroid dienone is 2. The highest BCUT2D eigenvalue weighted by Gasteiger charge is 2.32. The van der Waals surface area contributed by atoms with Crippen molar-refractivity contribution in [3.05, 3.63) is 45.9 Å². The summed E-state index contributed by atoms with van der Waals surface area (Å²) in [4.78, 5) is 24.5. The van der Waals surface area contributed by atoms with E-state index in [9.17, 15) is 9.59 Å². The van der Waals surface area contributed by atoms with Gasteiger partial charge in [-0.2, -0.15) is 0 Å². The van der Waals surface area contributed by atoms with Crippen molar-refractivity contribution in [1.82, 2.24) is 0 Å². The van der Waals surface area contributed by atoms with Crippen LogP contribution in [0.15, 0.2) is 40.3 Å². The average molecular weight is 334 g/mol. The van der Waals surface area contributed by atoms with Crippen LogP contribution in [-0.4, -0.2) is 32.1 Å². The fourth-order valence-electron chi connectivity index (χ4n) is 2.04. The van der Waals surface area contributed by atoms with Crippen LogP contribution in [0.5, 0.6) is 5.75 Å². The predicted octanol–water partition coefficient (Wildman–Crippen LogP) is 3.16. The Morgan fingerprint density at radius 2 is 1.87 bits per heavy atom. The lowest BCUT2D eigenvalue weighted by Gasteiger charge is -2.06. The molecule has 0 radical (unpaired) electrons. The maximum atomic E-state index is 12.6. The Labute approximate surface area is 139 Å². The van der Waals surface area contributed by atoms with E-state index in [4.69, 9.17) is 14.2 Å². The van der Waals surface area contributed by atoms with Crippen molar-refractivity contribution >= 4 is 29.1 Å². The third-order valence-corrected chi connectivity index (χ3v) is 4.08. The number of esters is 1. The second kappa shape index (κ2) is 7.87. The van der Waals surface area contributed by atoms with E-state index in [1.807, 2.05) is 6.92 Å². The lowest BCUT2D eigenvalue weighted by Crippen LogP contribution is -2.04. The predicted molar refractivity (Wildman–Crippen MR) is 88.9 cm³/mol. The van der Waals surface area contributed by atoms with Gasteiger partial charge in [0.2, 0.25) is 5.78 Å². The van der Waals surface area contributed by atoms with Crippen LogP contribution in [0, 0.1) is 0 Å². The van der Waals surface area contributed by atoms with Gasteiger partial charge < -0.3 is 14.2 Å². The van der Waals surface area contributed by atoms with E-state index in [1.165, 1.54) is 6.08 Å². The van der Waals surface area contributed by atoms with E-state index in [0.717, 1.165) is 17.3 Å². The number of thioether (sulfide) groups is 1. The van der Waals surface area contributed by atoms with Gasteiger partial charge in [0, 0.05) is 6.08 Å². The minimum absolute atomic E-state index is 0.239. The van der Waals surface area contributed by atoms with Crippen LogP contribution in [0.1, 0.15) is 19.4 Å². The number of hydrogen-bond donors (Lipinski definition) is 0. The van der Waals surface area contributed by atoms with Crippen molar-refractivity contribution in [2.45, 2.75) is 13.8 Å². The first-order valence-electron chi connectivity index (χ1n) is 7.23. The fourth-order valence-corrected chi connectivity index (χ4v) is 3.08. The van der Waals surface area contributed by atoms with Gasteiger partial charge in [0.05, 0.1) is 30.8 Å². The summed E-state index contributed by atoms with van der Waals surface area (Å²) in [5, 5.41) is 0.498. The van der Waals surface area contributed by atoms with Crippen LogP contribution in [0.25, 0.3) is 5.57 Å². The van der Waals surface area contributed by atoms with Crippen LogP contribution in [0.2, 0.25) is 0 Å². The number of carbonyl (C=O) groups excluding carboxylic acids is 2.